The first-order valence-corrected chi connectivity index (χ1v) is 9.48. The van der Waals surface area contributed by atoms with Crippen LogP contribution >= 0.6 is 34.8 Å². The van der Waals surface area contributed by atoms with Gasteiger partial charge in [0.1, 0.15) is 5.52 Å². The minimum absolute atomic E-state index is 0.282. The summed E-state index contributed by atoms with van der Waals surface area (Å²) in [5.41, 5.74) is 3.55. The van der Waals surface area contributed by atoms with E-state index in [1.807, 2.05) is 13.0 Å². The fourth-order valence-corrected chi connectivity index (χ4v) is 3.49. The molecule has 28 heavy (non-hydrogen) atoms. The number of nitrogens with zero attached hydrogens (tertiary/aromatic N) is 1. The van der Waals surface area contributed by atoms with E-state index in [1.54, 1.807) is 48.5 Å². The number of hydrogen-bond donors (Lipinski definition) is 1. The SMILES string of the molecule is Cc1ccc(NC(=O)c2ccc3nc(-c4c(Cl)cccc4Cl)oc3c2)cc1Cl. The van der Waals surface area contributed by atoms with Gasteiger partial charge in [0.2, 0.25) is 5.89 Å². The molecule has 0 saturated heterocycles. The Hall–Kier alpha value is -2.53. The van der Waals surface area contributed by atoms with Crippen LogP contribution in [0, 0.1) is 6.92 Å². The normalized spacial score (nSPS) is 11.0. The molecule has 7 heteroatoms. The van der Waals surface area contributed by atoms with Crippen molar-refractivity contribution in [2.75, 3.05) is 5.32 Å². The van der Waals surface area contributed by atoms with E-state index in [4.69, 9.17) is 39.2 Å². The zero-order valence-electron chi connectivity index (χ0n) is 14.6. The number of carbonyl (C=O) groups excluding carboxylic acids is 1. The van der Waals surface area contributed by atoms with Gasteiger partial charge in [0.25, 0.3) is 5.91 Å². The number of anilines is 1. The maximum Gasteiger partial charge on any atom is 0.255 e. The van der Waals surface area contributed by atoms with Gasteiger partial charge in [-0.3, -0.25) is 4.79 Å². The number of hydrogen-bond acceptors (Lipinski definition) is 3. The van der Waals surface area contributed by atoms with Crippen molar-refractivity contribution < 1.29 is 9.21 Å². The van der Waals surface area contributed by atoms with E-state index in [-0.39, 0.29) is 5.91 Å². The summed E-state index contributed by atoms with van der Waals surface area (Å²) in [4.78, 5) is 17.0. The van der Waals surface area contributed by atoms with Crippen molar-refractivity contribution in [3.05, 3.63) is 80.8 Å². The molecule has 0 aliphatic heterocycles. The summed E-state index contributed by atoms with van der Waals surface area (Å²) >= 11 is 18.6. The van der Waals surface area contributed by atoms with Gasteiger partial charge in [-0.2, -0.15) is 0 Å². The molecule has 0 unspecified atom stereocenters. The molecule has 0 atom stereocenters. The highest BCUT2D eigenvalue weighted by Crippen LogP contribution is 2.35. The Morgan fingerprint density at radius 3 is 2.43 bits per heavy atom. The number of benzene rings is 3. The Balaban J connectivity index is 1.66. The summed E-state index contributed by atoms with van der Waals surface area (Å²) in [6.45, 7) is 1.90. The van der Waals surface area contributed by atoms with Crippen LogP contribution in [0.1, 0.15) is 15.9 Å². The van der Waals surface area contributed by atoms with E-state index in [9.17, 15) is 4.79 Å². The molecule has 3 aromatic carbocycles. The zero-order valence-corrected chi connectivity index (χ0v) is 16.9. The molecule has 0 radical (unpaired) electrons. The highest BCUT2D eigenvalue weighted by atomic mass is 35.5. The van der Waals surface area contributed by atoms with Crippen LogP contribution in [0.5, 0.6) is 0 Å². The Labute approximate surface area is 176 Å². The molecule has 1 amide bonds. The van der Waals surface area contributed by atoms with Gasteiger partial charge in [0, 0.05) is 16.3 Å². The molecule has 1 aromatic heterocycles. The second-order valence-electron chi connectivity index (χ2n) is 6.22. The Kier molecular flexibility index (Phi) is 5.02. The van der Waals surface area contributed by atoms with Gasteiger partial charge < -0.3 is 9.73 Å². The van der Waals surface area contributed by atoms with Crippen molar-refractivity contribution >= 4 is 57.5 Å². The molecule has 0 saturated carbocycles. The smallest absolute Gasteiger partial charge is 0.255 e. The average Bonchev–Trinajstić information content (AvgIpc) is 3.07. The van der Waals surface area contributed by atoms with Crippen molar-refractivity contribution in [1.29, 1.82) is 0 Å². The van der Waals surface area contributed by atoms with Crippen LogP contribution in [-0.2, 0) is 0 Å². The van der Waals surface area contributed by atoms with Gasteiger partial charge >= 0.3 is 0 Å². The summed E-state index contributed by atoms with van der Waals surface area (Å²) in [5, 5.41) is 4.28. The van der Waals surface area contributed by atoms with E-state index < -0.39 is 0 Å². The first kappa shape index (κ1) is 18.8. The second-order valence-corrected chi connectivity index (χ2v) is 7.44. The van der Waals surface area contributed by atoms with Crippen molar-refractivity contribution in [2.45, 2.75) is 6.92 Å². The summed E-state index contributed by atoms with van der Waals surface area (Å²) in [6, 6.07) is 15.5. The van der Waals surface area contributed by atoms with Crippen LogP contribution in [-0.4, -0.2) is 10.9 Å². The Morgan fingerprint density at radius 2 is 1.71 bits per heavy atom. The Morgan fingerprint density at radius 1 is 0.964 bits per heavy atom. The number of rotatable bonds is 3. The van der Waals surface area contributed by atoms with Gasteiger partial charge in [-0.15, -0.1) is 0 Å². The van der Waals surface area contributed by atoms with E-state index in [1.165, 1.54) is 0 Å². The molecule has 4 rings (SSSR count). The summed E-state index contributed by atoms with van der Waals surface area (Å²) in [7, 11) is 0. The van der Waals surface area contributed by atoms with E-state index >= 15 is 0 Å². The minimum Gasteiger partial charge on any atom is -0.436 e. The quantitative estimate of drug-likeness (QED) is 0.379. The molecule has 4 nitrogen and oxygen atoms in total. The summed E-state index contributed by atoms with van der Waals surface area (Å²) in [6.07, 6.45) is 0. The topological polar surface area (TPSA) is 55.1 Å². The molecule has 1 heterocycles. The van der Waals surface area contributed by atoms with Crippen LogP contribution in [0.25, 0.3) is 22.6 Å². The molecule has 0 aliphatic rings. The molecule has 0 bridgehead atoms. The maximum atomic E-state index is 12.6. The molecule has 0 fully saturated rings. The van der Waals surface area contributed by atoms with Gasteiger partial charge in [-0.25, -0.2) is 4.98 Å². The molecule has 4 aromatic rings. The van der Waals surface area contributed by atoms with Gasteiger partial charge in [0.15, 0.2) is 5.58 Å². The first-order chi connectivity index (χ1) is 13.4. The van der Waals surface area contributed by atoms with E-state index in [0.717, 1.165) is 5.56 Å². The molecule has 0 aliphatic carbocycles. The van der Waals surface area contributed by atoms with Crippen LogP contribution in [0.4, 0.5) is 5.69 Å². The second kappa shape index (κ2) is 7.47. The lowest BCUT2D eigenvalue weighted by Crippen LogP contribution is -2.11. The third kappa shape index (κ3) is 3.59. The van der Waals surface area contributed by atoms with Crippen molar-refractivity contribution in [1.82, 2.24) is 4.98 Å². The predicted molar refractivity (Wildman–Crippen MR) is 114 cm³/mol. The number of halogens is 3. The monoisotopic (exact) mass is 430 g/mol. The lowest BCUT2D eigenvalue weighted by atomic mass is 10.1. The lowest BCUT2D eigenvalue weighted by molar-refractivity contribution is 0.102. The molecular formula is C21H13Cl3N2O2. The van der Waals surface area contributed by atoms with E-state index in [2.05, 4.69) is 10.3 Å². The minimum atomic E-state index is -0.282. The summed E-state index contributed by atoms with van der Waals surface area (Å²) < 4.78 is 5.81. The average molecular weight is 432 g/mol. The maximum absolute atomic E-state index is 12.6. The van der Waals surface area contributed by atoms with Crippen molar-refractivity contribution in [3.63, 3.8) is 0 Å². The predicted octanol–water partition coefficient (Wildman–Crippen LogP) is 7.02. The van der Waals surface area contributed by atoms with Crippen molar-refractivity contribution in [3.8, 4) is 11.5 Å². The van der Waals surface area contributed by atoms with Gasteiger partial charge in [-0.1, -0.05) is 46.9 Å². The first-order valence-electron chi connectivity index (χ1n) is 8.35. The third-order valence-electron chi connectivity index (χ3n) is 4.26. The van der Waals surface area contributed by atoms with Crippen LogP contribution in [0.3, 0.4) is 0 Å². The molecular weight excluding hydrogens is 419 g/mol. The number of aryl methyl sites for hydroxylation is 1. The van der Waals surface area contributed by atoms with Crippen LogP contribution in [0.2, 0.25) is 15.1 Å². The highest BCUT2D eigenvalue weighted by molar-refractivity contribution is 6.39. The highest BCUT2D eigenvalue weighted by Gasteiger charge is 2.16. The van der Waals surface area contributed by atoms with Gasteiger partial charge in [0.05, 0.1) is 15.6 Å². The number of carbonyl (C=O) groups is 1. The fourth-order valence-electron chi connectivity index (χ4n) is 2.75. The number of fused-ring (bicyclic) bond motifs is 1. The van der Waals surface area contributed by atoms with Crippen LogP contribution in [0.15, 0.2) is 59.0 Å². The Bertz CT molecular complexity index is 1200. The zero-order chi connectivity index (χ0) is 19.8. The molecule has 1 N–H and O–H groups in total. The number of oxazole rings is 1. The molecule has 0 spiro atoms. The standard InChI is InChI=1S/C21H13Cl3N2O2/c1-11-5-7-13(10-16(11)24)25-20(27)12-6-8-17-18(9-12)28-21(26-17)19-14(22)3-2-4-15(19)23/h2-10H,1H3,(H,25,27). The van der Waals surface area contributed by atoms with Gasteiger partial charge in [-0.05, 0) is 55.0 Å². The third-order valence-corrected chi connectivity index (χ3v) is 5.29. The largest absolute Gasteiger partial charge is 0.436 e. The summed E-state index contributed by atoms with van der Waals surface area (Å²) in [5.74, 6) is 0.0176. The van der Waals surface area contributed by atoms with E-state index in [0.29, 0.717) is 48.9 Å². The fraction of sp³-hybridized carbons (Fsp3) is 0.0476. The number of nitrogens with one attached hydrogen (secondary N) is 1. The number of amides is 1. The number of aromatic nitrogens is 1. The van der Waals surface area contributed by atoms with Crippen LogP contribution < -0.4 is 5.32 Å². The lowest BCUT2D eigenvalue weighted by Gasteiger charge is -2.06. The molecule has 140 valence electrons. The van der Waals surface area contributed by atoms with Crippen molar-refractivity contribution in [2.24, 2.45) is 0 Å².